The van der Waals surface area contributed by atoms with E-state index in [0.29, 0.717) is 12.0 Å². The molecule has 1 amide bonds. The lowest BCUT2D eigenvalue weighted by atomic mass is 9.88. The van der Waals surface area contributed by atoms with Crippen LogP contribution in [0.2, 0.25) is 0 Å². The Morgan fingerprint density at radius 3 is 2.67 bits per heavy atom. The van der Waals surface area contributed by atoms with Crippen molar-refractivity contribution in [3.05, 3.63) is 12.7 Å². The molecule has 0 aliphatic carbocycles. The molecular weight excluding hydrogens is 186 g/mol. The van der Waals surface area contributed by atoms with E-state index < -0.39 is 0 Å². The highest BCUT2D eigenvalue weighted by atomic mass is 16.2. The Morgan fingerprint density at radius 1 is 1.60 bits per heavy atom. The van der Waals surface area contributed by atoms with Gasteiger partial charge >= 0.3 is 0 Å². The molecule has 0 saturated carbocycles. The molecule has 15 heavy (non-hydrogen) atoms. The van der Waals surface area contributed by atoms with Gasteiger partial charge in [-0.3, -0.25) is 4.79 Å². The lowest BCUT2D eigenvalue weighted by Gasteiger charge is -2.24. The summed E-state index contributed by atoms with van der Waals surface area (Å²) in [6.45, 7) is 13.3. The number of carbonyl (C=O) groups is 1. The van der Waals surface area contributed by atoms with Crippen LogP contribution in [0.3, 0.4) is 0 Å². The highest BCUT2D eigenvalue weighted by Crippen LogP contribution is 2.36. The van der Waals surface area contributed by atoms with Gasteiger partial charge in [-0.2, -0.15) is 0 Å². The van der Waals surface area contributed by atoms with Crippen LogP contribution in [0.1, 0.15) is 40.5 Å². The number of carbonyl (C=O) groups excluding carboxylic acids is 1. The maximum Gasteiger partial charge on any atom is 0.246 e. The average Bonchev–Trinajstić information content (AvgIpc) is 2.38. The van der Waals surface area contributed by atoms with Crippen LogP contribution in [-0.4, -0.2) is 23.4 Å². The van der Waals surface area contributed by atoms with E-state index in [-0.39, 0.29) is 11.3 Å². The number of hydrogen-bond donors (Lipinski definition) is 0. The van der Waals surface area contributed by atoms with Gasteiger partial charge in [0, 0.05) is 12.6 Å². The molecule has 0 unspecified atom stereocenters. The number of hydrogen-bond acceptors (Lipinski definition) is 1. The second kappa shape index (κ2) is 4.38. The van der Waals surface area contributed by atoms with Crippen molar-refractivity contribution in [2.75, 3.05) is 6.54 Å². The summed E-state index contributed by atoms with van der Waals surface area (Å²) in [4.78, 5) is 13.7. The lowest BCUT2D eigenvalue weighted by Crippen LogP contribution is -2.35. The van der Waals surface area contributed by atoms with E-state index in [1.165, 1.54) is 6.08 Å². The normalized spacial score (nSPS) is 24.6. The summed E-state index contributed by atoms with van der Waals surface area (Å²) in [5.41, 5.74) is 0.262. The predicted octanol–water partition coefficient (Wildman–Crippen LogP) is 2.85. The quantitative estimate of drug-likeness (QED) is 0.654. The van der Waals surface area contributed by atoms with Crippen molar-refractivity contribution in [3.8, 4) is 0 Å². The minimum absolute atomic E-state index is 0.0891. The second-order valence-electron chi connectivity index (χ2n) is 5.82. The third-order valence-corrected chi connectivity index (χ3v) is 3.03. The highest BCUT2D eigenvalue weighted by Gasteiger charge is 2.38. The molecule has 86 valence electrons. The molecule has 1 aliphatic rings. The zero-order valence-corrected chi connectivity index (χ0v) is 10.4. The fraction of sp³-hybridized carbons (Fsp3) is 0.769. The molecule has 0 aromatic carbocycles. The first-order valence-electron chi connectivity index (χ1n) is 5.79. The maximum absolute atomic E-state index is 11.7. The molecule has 0 radical (unpaired) electrons. The van der Waals surface area contributed by atoms with Crippen molar-refractivity contribution in [2.45, 2.75) is 46.6 Å². The van der Waals surface area contributed by atoms with Crippen LogP contribution in [0, 0.1) is 11.3 Å². The Morgan fingerprint density at radius 2 is 2.20 bits per heavy atom. The largest absolute Gasteiger partial charge is 0.336 e. The highest BCUT2D eigenvalue weighted by molar-refractivity contribution is 5.87. The van der Waals surface area contributed by atoms with Crippen LogP contribution >= 0.6 is 0 Å². The van der Waals surface area contributed by atoms with E-state index >= 15 is 0 Å². The van der Waals surface area contributed by atoms with Gasteiger partial charge in [-0.05, 0) is 30.3 Å². The zero-order valence-electron chi connectivity index (χ0n) is 10.4. The molecule has 1 saturated heterocycles. The molecule has 0 N–H and O–H groups in total. The van der Waals surface area contributed by atoms with Crippen LogP contribution < -0.4 is 0 Å². The van der Waals surface area contributed by atoms with Gasteiger partial charge in [-0.15, -0.1) is 0 Å². The molecule has 2 heteroatoms. The summed E-state index contributed by atoms with van der Waals surface area (Å²) in [6.07, 6.45) is 3.66. The Labute approximate surface area is 93.3 Å². The number of nitrogens with zero attached hydrogens (tertiary/aromatic N) is 1. The van der Waals surface area contributed by atoms with Crippen molar-refractivity contribution in [1.29, 1.82) is 0 Å². The van der Waals surface area contributed by atoms with Crippen LogP contribution in [0.15, 0.2) is 12.7 Å². The van der Waals surface area contributed by atoms with E-state index in [1.54, 1.807) is 0 Å². The van der Waals surface area contributed by atoms with E-state index in [0.717, 1.165) is 19.4 Å². The van der Waals surface area contributed by atoms with E-state index in [2.05, 4.69) is 34.3 Å². The molecule has 1 atom stereocenters. The number of amides is 1. The SMILES string of the molecule is C=CC(=O)N1CC(C)(C)C[C@H]1CC(C)C. The molecule has 2 nitrogen and oxygen atoms in total. The Kier molecular flexibility index (Phi) is 3.58. The zero-order chi connectivity index (χ0) is 11.6. The van der Waals surface area contributed by atoms with Crippen molar-refractivity contribution < 1.29 is 4.79 Å². The Hall–Kier alpha value is -0.790. The maximum atomic E-state index is 11.7. The summed E-state index contributed by atoms with van der Waals surface area (Å²) >= 11 is 0. The minimum Gasteiger partial charge on any atom is -0.336 e. The van der Waals surface area contributed by atoms with Crippen molar-refractivity contribution in [2.24, 2.45) is 11.3 Å². The van der Waals surface area contributed by atoms with Gasteiger partial charge in [0.05, 0.1) is 0 Å². The first-order chi connectivity index (χ1) is 6.85. The fourth-order valence-electron chi connectivity index (χ4n) is 2.53. The molecule has 1 aliphatic heterocycles. The van der Waals surface area contributed by atoms with Gasteiger partial charge < -0.3 is 4.90 Å². The topological polar surface area (TPSA) is 20.3 Å². The minimum atomic E-state index is 0.0891. The van der Waals surface area contributed by atoms with Crippen LogP contribution in [-0.2, 0) is 4.79 Å². The van der Waals surface area contributed by atoms with Crippen LogP contribution in [0.25, 0.3) is 0 Å². The molecule has 0 aromatic heterocycles. The lowest BCUT2D eigenvalue weighted by molar-refractivity contribution is -0.127. The van der Waals surface area contributed by atoms with Crippen LogP contribution in [0.5, 0.6) is 0 Å². The molecule has 1 heterocycles. The van der Waals surface area contributed by atoms with Crippen molar-refractivity contribution in [3.63, 3.8) is 0 Å². The van der Waals surface area contributed by atoms with E-state index in [4.69, 9.17) is 0 Å². The van der Waals surface area contributed by atoms with Gasteiger partial charge in [0.15, 0.2) is 0 Å². The van der Waals surface area contributed by atoms with Gasteiger partial charge in [0.2, 0.25) is 5.91 Å². The van der Waals surface area contributed by atoms with Crippen molar-refractivity contribution in [1.82, 2.24) is 4.90 Å². The van der Waals surface area contributed by atoms with Gasteiger partial charge in [-0.1, -0.05) is 34.3 Å². The molecule has 0 spiro atoms. The third-order valence-electron chi connectivity index (χ3n) is 3.03. The van der Waals surface area contributed by atoms with Crippen molar-refractivity contribution >= 4 is 5.91 Å². The molecule has 0 aromatic rings. The molecule has 1 rings (SSSR count). The molecule has 0 bridgehead atoms. The molecule has 1 fully saturated rings. The van der Waals surface area contributed by atoms with Gasteiger partial charge in [0.1, 0.15) is 0 Å². The molecular formula is C13H23NO. The summed E-state index contributed by atoms with van der Waals surface area (Å²) in [5.74, 6) is 0.732. The second-order valence-corrected chi connectivity index (χ2v) is 5.82. The number of likely N-dealkylation sites (tertiary alicyclic amines) is 1. The first kappa shape index (κ1) is 12.3. The Balaban J connectivity index is 2.74. The standard InChI is InChI=1S/C13H23NO/c1-6-12(15)14-9-13(4,5)8-11(14)7-10(2)3/h6,10-11H,1,7-9H2,2-5H3/t11-/m1/s1. The first-order valence-corrected chi connectivity index (χ1v) is 5.79. The van der Waals surface area contributed by atoms with Crippen LogP contribution in [0.4, 0.5) is 0 Å². The van der Waals surface area contributed by atoms with Gasteiger partial charge in [-0.25, -0.2) is 0 Å². The summed E-state index contributed by atoms with van der Waals surface area (Å²) in [6, 6.07) is 0.408. The summed E-state index contributed by atoms with van der Waals surface area (Å²) in [5, 5.41) is 0. The monoisotopic (exact) mass is 209 g/mol. The van der Waals surface area contributed by atoms with E-state index in [1.807, 2.05) is 4.90 Å². The number of rotatable bonds is 3. The van der Waals surface area contributed by atoms with E-state index in [9.17, 15) is 4.79 Å². The average molecular weight is 209 g/mol. The third kappa shape index (κ3) is 3.08. The Bertz CT molecular complexity index is 255. The smallest absolute Gasteiger partial charge is 0.246 e. The summed E-state index contributed by atoms with van der Waals surface area (Å²) in [7, 11) is 0. The summed E-state index contributed by atoms with van der Waals surface area (Å²) < 4.78 is 0. The van der Waals surface area contributed by atoms with Gasteiger partial charge in [0.25, 0.3) is 0 Å². The fourth-order valence-corrected chi connectivity index (χ4v) is 2.53. The predicted molar refractivity (Wildman–Crippen MR) is 63.6 cm³/mol.